The van der Waals surface area contributed by atoms with Crippen LogP contribution in [0.4, 0.5) is 11.4 Å². The maximum absolute atomic E-state index is 11.9. The van der Waals surface area contributed by atoms with Crippen molar-refractivity contribution in [1.29, 1.82) is 0 Å². The zero-order valence-electron chi connectivity index (χ0n) is 12.3. The Morgan fingerprint density at radius 1 is 1.41 bits per heavy atom. The van der Waals surface area contributed by atoms with Crippen molar-refractivity contribution >= 4 is 34.9 Å². The van der Waals surface area contributed by atoms with Crippen LogP contribution in [0.15, 0.2) is 29.8 Å². The normalized spacial score (nSPS) is 11.3. The number of non-ortho nitro benzene ring substituents is 1. The van der Waals surface area contributed by atoms with E-state index in [1.807, 2.05) is 0 Å². The molecule has 0 aliphatic rings. The van der Waals surface area contributed by atoms with E-state index in [0.717, 1.165) is 11.6 Å². The fraction of sp³-hybridized carbons (Fsp3) is 0.286. The lowest BCUT2D eigenvalue weighted by molar-refractivity contribution is -0.384. The number of allylic oxidation sites excluding steroid dienone is 1. The standard InChI is InChI=1S/C14H15ClN2O5/c1-8(2)6-13(18)22-9(3)14(19)16-12-5-4-10(17(20)21)7-11(12)15/h4-7,9H,1-3H3,(H,16,19)/t9-/m1/s1. The minimum Gasteiger partial charge on any atom is -0.449 e. The van der Waals surface area contributed by atoms with E-state index in [2.05, 4.69) is 5.32 Å². The highest BCUT2D eigenvalue weighted by Crippen LogP contribution is 2.26. The molecule has 0 aliphatic carbocycles. The summed E-state index contributed by atoms with van der Waals surface area (Å²) in [4.78, 5) is 33.3. The van der Waals surface area contributed by atoms with Crippen LogP contribution in [0, 0.1) is 10.1 Å². The second-order valence-corrected chi connectivity index (χ2v) is 5.12. The fourth-order valence-electron chi connectivity index (χ4n) is 1.45. The van der Waals surface area contributed by atoms with Crippen LogP contribution >= 0.6 is 11.6 Å². The third-order valence-corrected chi connectivity index (χ3v) is 2.80. The van der Waals surface area contributed by atoms with Crippen LogP contribution in [0.1, 0.15) is 20.8 Å². The molecule has 1 atom stereocenters. The predicted molar refractivity (Wildman–Crippen MR) is 81.7 cm³/mol. The average Bonchev–Trinajstić information content (AvgIpc) is 2.39. The Balaban J connectivity index is 2.74. The lowest BCUT2D eigenvalue weighted by Gasteiger charge is -2.13. The summed E-state index contributed by atoms with van der Waals surface area (Å²) < 4.78 is 4.92. The number of nitrogens with zero attached hydrogens (tertiary/aromatic N) is 1. The molecule has 0 fully saturated rings. The van der Waals surface area contributed by atoms with Gasteiger partial charge in [-0.3, -0.25) is 14.9 Å². The molecule has 0 heterocycles. The maximum Gasteiger partial charge on any atom is 0.331 e. The number of esters is 1. The van der Waals surface area contributed by atoms with Crippen LogP contribution in [0.5, 0.6) is 0 Å². The third kappa shape index (κ3) is 5.17. The van der Waals surface area contributed by atoms with Crippen molar-refractivity contribution in [3.05, 3.63) is 45.0 Å². The van der Waals surface area contributed by atoms with Gasteiger partial charge in [0, 0.05) is 18.2 Å². The van der Waals surface area contributed by atoms with Crippen LogP contribution in [0.2, 0.25) is 5.02 Å². The van der Waals surface area contributed by atoms with E-state index < -0.39 is 22.9 Å². The Kier molecular flexibility index (Phi) is 6.06. The van der Waals surface area contributed by atoms with Crippen LogP contribution in [-0.4, -0.2) is 22.9 Å². The van der Waals surface area contributed by atoms with Gasteiger partial charge in [0.1, 0.15) is 0 Å². The molecule has 7 nitrogen and oxygen atoms in total. The van der Waals surface area contributed by atoms with Crippen molar-refractivity contribution in [2.24, 2.45) is 0 Å². The number of ether oxygens (including phenoxy) is 1. The Bertz CT molecular complexity index is 638. The first kappa shape index (κ1) is 17.6. The van der Waals surface area contributed by atoms with Gasteiger partial charge < -0.3 is 10.1 Å². The zero-order valence-corrected chi connectivity index (χ0v) is 13.0. The molecular weight excluding hydrogens is 312 g/mol. The molecule has 1 aromatic carbocycles. The van der Waals surface area contributed by atoms with E-state index in [1.165, 1.54) is 25.1 Å². The van der Waals surface area contributed by atoms with Gasteiger partial charge >= 0.3 is 5.97 Å². The number of nitro groups is 1. The van der Waals surface area contributed by atoms with Gasteiger partial charge in [-0.2, -0.15) is 0 Å². The second-order valence-electron chi connectivity index (χ2n) is 4.71. The van der Waals surface area contributed by atoms with E-state index in [0.29, 0.717) is 0 Å². The summed E-state index contributed by atoms with van der Waals surface area (Å²) in [5.41, 5.74) is 0.754. The molecule has 0 spiro atoms. The first-order valence-electron chi connectivity index (χ1n) is 6.31. The van der Waals surface area contributed by atoms with Crippen LogP contribution in [0.3, 0.4) is 0 Å². The van der Waals surface area contributed by atoms with Crippen molar-refractivity contribution in [1.82, 2.24) is 0 Å². The second kappa shape index (κ2) is 7.56. The number of rotatable bonds is 5. The van der Waals surface area contributed by atoms with Crippen molar-refractivity contribution in [3.63, 3.8) is 0 Å². The van der Waals surface area contributed by atoms with Gasteiger partial charge in [-0.15, -0.1) is 0 Å². The molecule has 0 saturated heterocycles. The maximum atomic E-state index is 11.9. The van der Waals surface area contributed by atoms with Crippen molar-refractivity contribution in [2.75, 3.05) is 5.32 Å². The van der Waals surface area contributed by atoms with Gasteiger partial charge in [-0.1, -0.05) is 17.2 Å². The van der Waals surface area contributed by atoms with Crippen molar-refractivity contribution < 1.29 is 19.2 Å². The topological polar surface area (TPSA) is 98.5 Å². The molecule has 0 radical (unpaired) electrons. The molecule has 118 valence electrons. The Morgan fingerprint density at radius 2 is 2.05 bits per heavy atom. The minimum atomic E-state index is -1.03. The lowest BCUT2D eigenvalue weighted by Crippen LogP contribution is -2.29. The molecule has 1 aromatic rings. The number of carbonyl (C=O) groups excluding carboxylic acids is 2. The fourth-order valence-corrected chi connectivity index (χ4v) is 1.67. The number of nitrogens with one attached hydrogen (secondary N) is 1. The number of halogens is 1. The number of carbonyl (C=O) groups is 2. The predicted octanol–water partition coefficient (Wildman–Crippen LogP) is 3.08. The number of nitro benzene ring substituents is 1. The number of anilines is 1. The highest BCUT2D eigenvalue weighted by molar-refractivity contribution is 6.34. The first-order chi connectivity index (χ1) is 10.2. The van der Waals surface area contributed by atoms with Gasteiger partial charge in [0.25, 0.3) is 11.6 Å². The molecule has 1 amide bonds. The number of amides is 1. The molecule has 22 heavy (non-hydrogen) atoms. The Labute approximate surface area is 132 Å². The first-order valence-corrected chi connectivity index (χ1v) is 6.69. The molecule has 1 rings (SSSR count). The summed E-state index contributed by atoms with van der Waals surface area (Å²) in [6, 6.07) is 3.64. The lowest BCUT2D eigenvalue weighted by atomic mass is 10.2. The molecule has 0 aromatic heterocycles. The molecule has 1 N–H and O–H groups in total. The molecule has 0 bridgehead atoms. The highest BCUT2D eigenvalue weighted by Gasteiger charge is 2.18. The molecule has 8 heteroatoms. The smallest absolute Gasteiger partial charge is 0.331 e. The largest absolute Gasteiger partial charge is 0.449 e. The SMILES string of the molecule is CC(C)=CC(=O)O[C@H](C)C(=O)Nc1ccc([N+](=O)[O-])cc1Cl. The quantitative estimate of drug-likeness (QED) is 0.388. The number of hydrogen-bond acceptors (Lipinski definition) is 5. The third-order valence-electron chi connectivity index (χ3n) is 2.49. The summed E-state index contributed by atoms with van der Waals surface area (Å²) in [5, 5.41) is 13.1. The summed E-state index contributed by atoms with van der Waals surface area (Å²) in [7, 11) is 0. The average molecular weight is 327 g/mol. The van der Waals surface area contributed by atoms with Crippen molar-refractivity contribution in [3.8, 4) is 0 Å². The Hall–Kier alpha value is -2.41. The van der Waals surface area contributed by atoms with Crippen LogP contribution < -0.4 is 5.32 Å². The van der Waals surface area contributed by atoms with Gasteiger partial charge in [0.05, 0.1) is 15.6 Å². The summed E-state index contributed by atoms with van der Waals surface area (Å²) in [6.07, 6.45) is 0.234. The van der Waals surface area contributed by atoms with E-state index >= 15 is 0 Å². The highest BCUT2D eigenvalue weighted by atomic mass is 35.5. The molecule has 0 saturated carbocycles. The van der Waals surface area contributed by atoms with E-state index in [-0.39, 0.29) is 16.4 Å². The minimum absolute atomic E-state index is 0.0189. The summed E-state index contributed by atoms with van der Waals surface area (Å²) in [5.74, 6) is -1.22. The van der Waals surface area contributed by atoms with Gasteiger partial charge in [-0.05, 0) is 26.8 Å². The van der Waals surface area contributed by atoms with E-state index in [9.17, 15) is 19.7 Å². The number of benzene rings is 1. The molecular formula is C14H15ClN2O5. The number of hydrogen-bond donors (Lipinski definition) is 1. The van der Waals surface area contributed by atoms with Crippen LogP contribution in [0.25, 0.3) is 0 Å². The van der Waals surface area contributed by atoms with Crippen LogP contribution in [-0.2, 0) is 14.3 Å². The monoisotopic (exact) mass is 326 g/mol. The molecule has 0 aliphatic heterocycles. The zero-order chi connectivity index (χ0) is 16.9. The molecule has 0 unspecified atom stereocenters. The Morgan fingerprint density at radius 3 is 2.55 bits per heavy atom. The summed E-state index contributed by atoms with van der Waals surface area (Å²) >= 11 is 5.86. The summed E-state index contributed by atoms with van der Waals surface area (Å²) in [6.45, 7) is 4.86. The van der Waals surface area contributed by atoms with Crippen molar-refractivity contribution in [2.45, 2.75) is 26.9 Å². The van der Waals surface area contributed by atoms with Gasteiger partial charge in [0.15, 0.2) is 6.10 Å². The van der Waals surface area contributed by atoms with E-state index in [4.69, 9.17) is 16.3 Å². The van der Waals surface area contributed by atoms with Gasteiger partial charge in [-0.25, -0.2) is 4.79 Å². The van der Waals surface area contributed by atoms with E-state index in [1.54, 1.807) is 13.8 Å². The van der Waals surface area contributed by atoms with Gasteiger partial charge in [0.2, 0.25) is 0 Å².